The van der Waals surface area contributed by atoms with Gasteiger partial charge in [0.15, 0.2) is 5.78 Å². The maximum Gasteiger partial charge on any atom is 0.407 e. The Kier molecular flexibility index (Phi) is 14.8. The number of hydrogen-bond acceptors (Lipinski definition) is 8. The van der Waals surface area contributed by atoms with Gasteiger partial charge in [-0.05, 0) is 62.2 Å². The van der Waals surface area contributed by atoms with Crippen molar-refractivity contribution in [1.29, 1.82) is 0 Å². The van der Waals surface area contributed by atoms with E-state index in [1.807, 2.05) is 55.4 Å². The molecule has 0 radical (unpaired) electrons. The molecule has 1 saturated heterocycles. The zero-order chi connectivity index (χ0) is 37.4. The number of hydrogen-bond donors (Lipinski definition) is 4. The van der Waals surface area contributed by atoms with E-state index < -0.39 is 76.4 Å². The van der Waals surface area contributed by atoms with Crippen LogP contribution in [0.25, 0.3) is 0 Å². The van der Waals surface area contributed by atoms with Gasteiger partial charge in [0.05, 0.1) is 19.2 Å². The minimum atomic E-state index is -1.03. The Labute approximate surface area is 292 Å². The molecule has 0 spiro atoms. The van der Waals surface area contributed by atoms with Crippen molar-refractivity contribution in [2.75, 3.05) is 13.7 Å². The van der Waals surface area contributed by atoms with Gasteiger partial charge in [0.1, 0.15) is 12.1 Å². The maximum atomic E-state index is 14.5. The van der Waals surface area contributed by atoms with Gasteiger partial charge >= 0.3 is 6.09 Å². The largest absolute Gasteiger partial charge is 0.453 e. The van der Waals surface area contributed by atoms with Crippen LogP contribution in [-0.2, 0) is 33.5 Å². The number of rotatable bonds is 15. The zero-order valence-electron chi connectivity index (χ0n) is 31.5. The smallest absolute Gasteiger partial charge is 0.407 e. The number of likely N-dealkylation sites (tertiary alicyclic amines) is 1. The van der Waals surface area contributed by atoms with E-state index in [0.29, 0.717) is 19.4 Å². The highest BCUT2D eigenvalue weighted by Gasteiger charge is 2.52. The quantitative estimate of drug-likeness (QED) is 0.189. The summed E-state index contributed by atoms with van der Waals surface area (Å²) >= 11 is 0. The molecule has 1 aliphatic heterocycles. The first-order valence-electron chi connectivity index (χ1n) is 17.8. The molecule has 0 aromatic rings. The van der Waals surface area contributed by atoms with Gasteiger partial charge in [-0.1, -0.05) is 68.2 Å². The van der Waals surface area contributed by atoms with Crippen molar-refractivity contribution >= 4 is 41.3 Å². The molecule has 13 heteroatoms. The average Bonchev–Trinajstić information content (AvgIpc) is 3.61. The highest BCUT2D eigenvalue weighted by molar-refractivity contribution is 6.38. The van der Waals surface area contributed by atoms with Crippen molar-refractivity contribution in [2.45, 2.75) is 144 Å². The van der Waals surface area contributed by atoms with Crippen LogP contribution < -0.4 is 21.3 Å². The molecule has 49 heavy (non-hydrogen) atoms. The fraction of sp³-hybridized carbons (Fsp3) is 0.806. The van der Waals surface area contributed by atoms with Gasteiger partial charge < -0.3 is 30.9 Å². The molecule has 2 rings (SSSR count). The van der Waals surface area contributed by atoms with E-state index in [0.717, 1.165) is 19.3 Å². The van der Waals surface area contributed by atoms with Crippen molar-refractivity contribution in [3.63, 3.8) is 0 Å². The molecule has 1 heterocycles. The summed E-state index contributed by atoms with van der Waals surface area (Å²) in [5, 5.41) is 10.9. The van der Waals surface area contributed by atoms with E-state index in [1.165, 1.54) is 14.0 Å². The normalized spacial score (nSPS) is 22.1. The summed E-state index contributed by atoms with van der Waals surface area (Å²) in [5.41, 5.74) is -1.45. The van der Waals surface area contributed by atoms with Gasteiger partial charge in [-0.3, -0.25) is 28.8 Å². The Balaban J connectivity index is 2.37. The molecule has 4 N–H and O–H groups in total. The molecule has 13 nitrogen and oxygen atoms in total. The summed E-state index contributed by atoms with van der Waals surface area (Å²) in [5.74, 6) is -4.06. The van der Waals surface area contributed by atoms with Crippen LogP contribution in [0.15, 0.2) is 0 Å². The zero-order valence-corrected chi connectivity index (χ0v) is 31.5. The summed E-state index contributed by atoms with van der Waals surface area (Å²) in [6, 6.07) is -4.01. The van der Waals surface area contributed by atoms with Crippen LogP contribution in [0, 0.1) is 28.6 Å². The van der Waals surface area contributed by atoms with Gasteiger partial charge in [0.2, 0.25) is 23.5 Å². The van der Waals surface area contributed by atoms with E-state index in [9.17, 15) is 33.6 Å². The van der Waals surface area contributed by atoms with Crippen molar-refractivity contribution in [3.05, 3.63) is 0 Å². The summed E-state index contributed by atoms with van der Waals surface area (Å²) in [6.07, 6.45) is 3.05. The van der Waals surface area contributed by atoms with Gasteiger partial charge in [-0.15, -0.1) is 0 Å². The maximum absolute atomic E-state index is 14.5. The summed E-state index contributed by atoms with van der Waals surface area (Å²) in [6.45, 7) is 18.4. The van der Waals surface area contributed by atoms with Crippen molar-refractivity contribution < 1.29 is 38.3 Å². The second-order valence-electron chi connectivity index (χ2n) is 16.0. The molecule has 0 aromatic carbocycles. The van der Waals surface area contributed by atoms with Gasteiger partial charge in [-0.2, -0.15) is 0 Å². The summed E-state index contributed by atoms with van der Waals surface area (Å²) in [4.78, 5) is 94.7. The number of carbonyl (C=O) groups excluding carboxylic acids is 7. The lowest BCUT2D eigenvalue weighted by Crippen LogP contribution is -2.61. The monoisotopic (exact) mass is 691 g/mol. The molecule has 8 atom stereocenters. The molecular formula is C36H61N5O8. The Morgan fingerprint density at radius 1 is 0.857 bits per heavy atom. The molecule has 0 bridgehead atoms. The topological polar surface area (TPSA) is 180 Å². The first kappa shape index (κ1) is 41.7. The van der Waals surface area contributed by atoms with E-state index >= 15 is 0 Å². The number of nitrogens with one attached hydrogen (secondary N) is 4. The number of ether oxygens (including phenoxy) is 1. The second kappa shape index (κ2) is 17.4. The lowest BCUT2D eigenvalue weighted by atomic mass is 9.76. The molecule has 0 aromatic heterocycles. The van der Waals surface area contributed by atoms with Crippen LogP contribution in [-0.4, -0.2) is 90.1 Å². The number of alkyl carbamates (subject to hydrolysis) is 1. The number of amides is 5. The minimum Gasteiger partial charge on any atom is -0.453 e. The minimum absolute atomic E-state index is 0.0915. The number of Topliss-reactive ketones (excluding diaryl/α,β-unsaturated/α-hetero) is 2. The van der Waals surface area contributed by atoms with Gasteiger partial charge in [-0.25, -0.2) is 4.79 Å². The lowest BCUT2D eigenvalue weighted by molar-refractivity contribution is -0.147. The van der Waals surface area contributed by atoms with Crippen molar-refractivity contribution in [1.82, 2.24) is 26.2 Å². The van der Waals surface area contributed by atoms with Crippen LogP contribution in [0.3, 0.4) is 0 Å². The highest BCUT2D eigenvalue weighted by Crippen LogP contribution is 2.43. The predicted molar refractivity (Wildman–Crippen MR) is 185 cm³/mol. The Hall–Kier alpha value is -3.51. The van der Waals surface area contributed by atoms with Crippen LogP contribution in [0.1, 0.15) is 114 Å². The number of nitrogens with zero attached hydrogens (tertiary/aromatic N) is 1. The Bertz CT molecular complexity index is 1240. The summed E-state index contributed by atoms with van der Waals surface area (Å²) in [7, 11) is 1.19. The highest BCUT2D eigenvalue weighted by atomic mass is 16.5. The average molecular weight is 692 g/mol. The van der Waals surface area contributed by atoms with Gasteiger partial charge in [0.25, 0.3) is 5.91 Å². The number of carbonyl (C=O) groups is 7. The van der Waals surface area contributed by atoms with Gasteiger partial charge in [0, 0.05) is 24.9 Å². The third-order valence-electron chi connectivity index (χ3n) is 10.0. The number of ketones is 2. The number of methoxy groups -OCH3 is 1. The molecule has 278 valence electrons. The molecule has 2 aliphatic rings. The van der Waals surface area contributed by atoms with Crippen LogP contribution in [0.2, 0.25) is 0 Å². The van der Waals surface area contributed by atoms with Crippen molar-refractivity contribution in [3.8, 4) is 0 Å². The lowest BCUT2D eigenvalue weighted by Gasteiger charge is -2.38. The molecule has 2 fully saturated rings. The van der Waals surface area contributed by atoms with Crippen LogP contribution in [0.4, 0.5) is 4.79 Å². The third kappa shape index (κ3) is 11.0. The first-order valence-corrected chi connectivity index (χ1v) is 17.8. The molecule has 5 amide bonds. The van der Waals surface area contributed by atoms with Crippen LogP contribution >= 0.6 is 0 Å². The second-order valence-corrected chi connectivity index (χ2v) is 16.0. The molecule has 1 unspecified atom stereocenters. The van der Waals surface area contributed by atoms with Crippen LogP contribution in [0.5, 0.6) is 0 Å². The molecule has 1 saturated carbocycles. The van der Waals surface area contributed by atoms with E-state index in [1.54, 1.807) is 11.8 Å². The van der Waals surface area contributed by atoms with E-state index in [2.05, 4.69) is 26.0 Å². The Morgan fingerprint density at radius 3 is 2.02 bits per heavy atom. The fourth-order valence-corrected chi connectivity index (χ4v) is 6.78. The van der Waals surface area contributed by atoms with E-state index in [4.69, 9.17) is 0 Å². The molecule has 1 aliphatic carbocycles. The number of fused-ring (bicyclic) bond motifs is 1. The third-order valence-corrected chi connectivity index (χ3v) is 10.0. The fourth-order valence-electron chi connectivity index (χ4n) is 6.78. The first-order chi connectivity index (χ1) is 22.7. The SMILES string of the molecule is CCC[C@H](NC(=O)[C@@H]1[C@H]2CCC[C@H]2CN1C(=O)[C@@H](NC(=O)[C@@H](CC(=O)[C@@H](C)NC(=O)OC)C(C)(C)C)C(C)(C)C)C(=O)C(=O)NC(C)CC. The Morgan fingerprint density at radius 2 is 1.49 bits per heavy atom. The predicted octanol–water partition coefficient (Wildman–Crippen LogP) is 3.28. The van der Waals surface area contributed by atoms with E-state index in [-0.39, 0.29) is 36.5 Å². The standard InChI is InChI=1S/C36H61N5O8/c1-12-15-25(28(43)32(46)37-20(3)13-2)39-31(45)27-23-17-14-16-22(23)19-41(27)33(47)29(36(8,9)10)40-30(44)24(35(5,6)7)18-26(42)21(4)38-34(48)49-11/h20-25,27,29H,12-19H2,1-11H3,(H,37,46)(H,38,48)(H,39,45)(H,40,44)/t20?,21-,22+,23+,24-,25+,27+,29-/m1/s1. The van der Waals surface area contributed by atoms with Crippen molar-refractivity contribution in [2.24, 2.45) is 28.6 Å². The molecular weight excluding hydrogens is 630 g/mol. The summed E-state index contributed by atoms with van der Waals surface area (Å²) < 4.78 is 4.60.